The highest BCUT2D eigenvalue weighted by molar-refractivity contribution is 5.94. The van der Waals surface area contributed by atoms with Crippen molar-refractivity contribution in [1.29, 1.82) is 0 Å². The predicted octanol–water partition coefficient (Wildman–Crippen LogP) is 3.20. The number of rotatable bonds is 11. The highest BCUT2D eigenvalue weighted by Crippen LogP contribution is 2.09. The largest absolute Gasteiger partial charge is 0.383 e. The van der Waals surface area contributed by atoms with Crippen LogP contribution < -0.4 is 0 Å². The molecule has 2 rings (SSSR count). The molecule has 6 heteroatoms. The first-order valence-electron chi connectivity index (χ1n) is 10.3. The summed E-state index contributed by atoms with van der Waals surface area (Å²) in [6.45, 7) is 6.05. The first-order chi connectivity index (χ1) is 14.4. The third-order valence-electron chi connectivity index (χ3n) is 4.76. The standard InChI is InChI=1S/C24H33N3O3/c1-20(2)17-27(23(28)13-12-21-9-6-5-7-10-21)19-24(29)26(15-16-30-4)18-22-11-8-14-25(22)3/h5-14,20H,15-19H2,1-4H3. The Balaban J connectivity index is 2.11. The van der Waals surface area contributed by atoms with Crippen molar-refractivity contribution in [2.75, 3.05) is 33.4 Å². The Morgan fingerprint density at radius 3 is 2.43 bits per heavy atom. The molecule has 2 amide bonds. The number of ether oxygens (including phenoxy) is 1. The molecule has 0 N–H and O–H groups in total. The van der Waals surface area contributed by atoms with Gasteiger partial charge in [0.2, 0.25) is 11.8 Å². The van der Waals surface area contributed by atoms with Gasteiger partial charge < -0.3 is 19.1 Å². The molecule has 0 atom stereocenters. The van der Waals surface area contributed by atoms with Crippen molar-refractivity contribution >= 4 is 17.9 Å². The lowest BCUT2D eigenvalue weighted by Crippen LogP contribution is -2.44. The van der Waals surface area contributed by atoms with E-state index in [1.807, 2.05) is 74.1 Å². The van der Waals surface area contributed by atoms with E-state index >= 15 is 0 Å². The van der Waals surface area contributed by atoms with E-state index in [9.17, 15) is 9.59 Å². The summed E-state index contributed by atoms with van der Waals surface area (Å²) in [7, 11) is 3.57. The fraction of sp³-hybridized carbons (Fsp3) is 0.417. The van der Waals surface area contributed by atoms with Crippen LogP contribution in [0.5, 0.6) is 0 Å². The van der Waals surface area contributed by atoms with Crippen LogP contribution in [0.2, 0.25) is 0 Å². The highest BCUT2D eigenvalue weighted by atomic mass is 16.5. The van der Waals surface area contributed by atoms with Crippen molar-refractivity contribution in [3.05, 3.63) is 66.0 Å². The molecule has 0 aliphatic rings. The number of hydrogen-bond donors (Lipinski definition) is 0. The first-order valence-corrected chi connectivity index (χ1v) is 10.3. The van der Waals surface area contributed by atoms with E-state index in [0.29, 0.717) is 26.2 Å². The summed E-state index contributed by atoms with van der Waals surface area (Å²) in [6.07, 6.45) is 5.28. The summed E-state index contributed by atoms with van der Waals surface area (Å²) in [5.74, 6) is 0.00833. The average molecular weight is 412 g/mol. The van der Waals surface area contributed by atoms with Crippen LogP contribution in [0.15, 0.2) is 54.7 Å². The minimum Gasteiger partial charge on any atom is -0.383 e. The summed E-state index contributed by atoms with van der Waals surface area (Å²) in [4.78, 5) is 29.3. The van der Waals surface area contributed by atoms with Crippen molar-refractivity contribution < 1.29 is 14.3 Å². The summed E-state index contributed by atoms with van der Waals surface area (Å²) >= 11 is 0. The molecule has 0 bridgehead atoms. The summed E-state index contributed by atoms with van der Waals surface area (Å²) < 4.78 is 7.18. The Morgan fingerprint density at radius 2 is 1.83 bits per heavy atom. The molecule has 1 heterocycles. The lowest BCUT2D eigenvalue weighted by molar-refractivity contribution is -0.139. The molecule has 0 saturated carbocycles. The van der Waals surface area contributed by atoms with Gasteiger partial charge in [-0.25, -0.2) is 0 Å². The molecule has 0 aliphatic carbocycles. The molecule has 1 aromatic heterocycles. The minimum absolute atomic E-state index is 0.0459. The maximum atomic E-state index is 13.1. The van der Waals surface area contributed by atoms with Gasteiger partial charge in [-0.2, -0.15) is 0 Å². The maximum absolute atomic E-state index is 13.1. The normalized spacial score (nSPS) is 11.2. The fourth-order valence-electron chi connectivity index (χ4n) is 3.12. The molecule has 1 aromatic carbocycles. The molecule has 162 valence electrons. The van der Waals surface area contributed by atoms with E-state index < -0.39 is 0 Å². The quantitative estimate of drug-likeness (QED) is 0.534. The van der Waals surface area contributed by atoms with Crippen molar-refractivity contribution in [2.24, 2.45) is 13.0 Å². The molecule has 0 radical (unpaired) electrons. The molecule has 0 fully saturated rings. The van der Waals surface area contributed by atoms with Gasteiger partial charge >= 0.3 is 0 Å². The van der Waals surface area contributed by atoms with Crippen molar-refractivity contribution in [2.45, 2.75) is 20.4 Å². The Bertz CT molecular complexity index is 827. The fourth-order valence-corrected chi connectivity index (χ4v) is 3.12. The average Bonchev–Trinajstić information content (AvgIpc) is 3.13. The number of amides is 2. The lowest BCUT2D eigenvalue weighted by Gasteiger charge is -2.28. The monoisotopic (exact) mass is 411 g/mol. The van der Waals surface area contributed by atoms with Gasteiger partial charge in [-0.1, -0.05) is 44.2 Å². The second-order valence-electron chi connectivity index (χ2n) is 7.78. The van der Waals surface area contributed by atoms with Crippen LogP contribution in [-0.2, 0) is 27.9 Å². The van der Waals surface area contributed by atoms with Gasteiger partial charge in [-0.05, 0) is 29.7 Å². The number of methoxy groups -OCH3 is 1. The Hall–Kier alpha value is -2.86. The Morgan fingerprint density at radius 1 is 1.10 bits per heavy atom. The Labute approximate surface area is 179 Å². The topological polar surface area (TPSA) is 54.8 Å². The molecular formula is C24H33N3O3. The van der Waals surface area contributed by atoms with Crippen LogP contribution in [0.3, 0.4) is 0 Å². The Kier molecular flexibility index (Phi) is 9.35. The van der Waals surface area contributed by atoms with E-state index in [-0.39, 0.29) is 24.3 Å². The van der Waals surface area contributed by atoms with Gasteiger partial charge in [0.25, 0.3) is 0 Å². The third kappa shape index (κ3) is 7.52. The van der Waals surface area contributed by atoms with Gasteiger partial charge in [-0.15, -0.1) is 0 Å². The zero-order valence-electron chi connectivity index (χ0n) is 18.5. The highest BCUT2D eigenvalue weighted by Gasteiger charge is 2.21. The van der Waals surface area contributed by atoms with Gasteiger partial charge in [0.1, 0.15) is 6.54 Å². The van der Waals surface area contributed by atoms with Crippen molar-refractivity contribution in [3.63, 3.8) is 0 Å². The summed E-state index contributed by atoms with van der Waals surface area (Å²) in [6, 6.07) is 13.6. The van der Waals surface area contributed by atoms with Crippen LogP contribution in [0, 0.1) is 5.92 Å². The molecular weight excluding hydrogens is 378 g/mol. The van der Waals surface area contributed by atoms with E-state index in [1.54, 1.807) is 29.1 Å². The zero-order chi connectivity index (χ0) is 21.9. The zero-order valence-corrected chi connectivity index (χ0v) is 18.5. The smallest absolute Gasteiger partial charge is 0.247 e. The first kappa shape index (κ1) is 23.4. The second-order valence-corrected chi connectivity index (χ2v) is 7.78. The number of benzene rings is 1. The van der Waals surface area contributed by atoms with Crippen molar-refractivity contribution in [3.8, 4) is 0 Å². The number of nitrogens with zero attached hydrogens (tertiary/aromatic N) is 3. The van der Waals surface area contributed by atoms with E-state index in [0.717, 1.165) is 11.3 Å². The number of aryl methyl sites for hydroxylation is 1. The molecule has 0 spiro atoms. The SMILES string of the molecule is COCCN(Cc1cccn1C)C(=O)CN(CC(C)C)C(=O)C=Cc1ccccc1. The predicted molar refractivity (Wildman–Crippen MR) is 120 cm³/mol. The molecule has 2 aromatic rings. The van der Waals surface area contributed by atoms with Crippen LogP contribution in [0.1, 0.15) is 25.1 Å². The van der Waals surface area contributed by atoms with Crippen LogP contribution in [0.4, 0.5) is 0 Å². The van der Waals surface area contributed by atoms with Gasteiger partial charge in [0, 0.05) is 45.2 Å². The van der Waals surface area contributed by atoms with Crippen molar-refractivity contribution in [1.82, 2.24) is 14.4 Å². The maximum Gasteiger partial charge on any atom is 0.247 e. The number of carbonyl (C=O) groups excluding carboxylic acids is 2. The molecule has 0 saturated heterocycles. The van der Waals surface area contributed by atoms with Crippen LogP contribution in [-0.4, -0.2) is 59.5 Å². The van der Waals surface area contributed by atoms with Gasteiger partial charge in [0.15, 0.2) is 0 Å². The molecule has 0 aliphatic heterocycles. The van der Waals surface area contributed by atoms with E-state index in [4.69, 9.17) is 4.74 Å². The lowest BCUT2D eigenvalue weighted by atomic mass is 10.2. The summed E-state index contributed by atoms with van der Waals surface area (Å²) in [5.41, 5.74) is 1.98. The van der Waals surface area contributed by atoms with E-state index in [2.05, 4.69) is 0 Å². The molecule has 6 nitrogen and oxygen atoms in total. The molecule has 30 heavy (non-hydrogen) atoms. The van der Waals surface area contributed by atoms with Crippen LogP contribution >= 0.6 is 0 Å². The number of carbonyl (C=O) groups is 2. The number of hydrogen-bond acceptors (Lipinski definition) is 3. The van der Waals surface area contributed by atoms with Gasteiger partial charge in [-0.3, -0.25) is 9.59 Å². The molecule has 0 unspecified atom stereocenters. The van der Waals surface area contributed by atoms with E-state index in [1.165, 1.54) is 0 Å². The van der Waals surface area contributed by atoms with Crippen LogP contribution in [0.25, 0.3) is 6.08 Å². The number of aromatic nitrogens is 1. The minimum atomic E-state index is -0.161. The summed E-state index contributed by atoms with van der Waals surface area (Å²) in [5, 5.41) is 0. The second kappa shape index (κ2) is 12.0. The third-order valence-corrected chi connectivity index (χ3v) is 4.76. The van der Waals surface area contributed by atoms with Gasteiger partial charge in [0.05, 0.1) is 13.2 Å².